The highest BCUT2D eigenvalue weighted by atomic mass is 32.1. The van der Waals surface area contributed by atoms with E-state index < -0.39 is 0 Å². The highest BCUT2D eigenvalue weighted by Crippen LogP contribution is 2.18. The summed E-state index contributed by atoms with van der Waals surface area (Å²) in [5.74, 6) is 0.802. The summed E-state index contributed by atoms with van der Waals surface area (Å²) in [6.45, 7) is 8.80. The Labute approximate surface area is 122 Å². The fourth-order valence-electron chi connectivity index (χ4n) is 2.19. The number of rotatable bonds is 4. The number of hydrogen-bond acceptors (Lipinski definition) is 4. The number of aromatic nitrogens is 3. The van der Waals surface area contributed by atoms with E-state index in [9.17, 15) is 4.79 Å². The minimum Gasteiger partial charge on any atom is -0.409 e. The average molecular weight is 293 g/mol. The van der Waals surface area contributed by atoms with Gasteiger partial charge in [0.2, 0.25) is 0 Å². The van der Waals surface area contributed by atoms with Crippen LogP contribution in [0.5, 0.6) is 0 Å². The molecule has 0 saturated carbocycles. The maximum Gasteiger partial charge on any atom is 0.284 e. The van der Waals surface area contributed by atoms with Crippen molar-refractivity contribution in [1.29, 1.82) is 0 Å². The molecule has 2 aromatic rings. The second-order valence-electron chi connectivity index (χ2n) is 5.40. The highest BCUT2D eigenvalue weighted by molar-refractivity contribution is 7.71. The van der Waals surface area contributed by atoms with Crippen LogP contribution >= 0.6 is 12.2 Å². The molecule has 5 nitrogen and oxygen atoms in total. The van der Waals surface area contributed by atoms with Crippen LogP contribution in [0.4, 0.5) is 0 Å². The van der Waals surface area contributed by atoms with Gasteiger partial charge in [0.05, 0.1) is 0 Å². The number of hydrogen-bond donors (Lipinski definition) is 1. The van der Waals surface area contributed by atoms with Crippen molar-refractivity contribution >= 4 is 12.2 Å². The quantitative estimate of drug-likeness (QED) is 0.879. The van der Waals surface area contributed by atoms with Crippen LogP contribution in [0.15, 0.2) is 15.3 Å². The molecule has 0 radical (unpaired) electrons. The summed E-state index contributed by atoms with van der Waals surface area (Å²) in [4.78, 5) is 12.8. The van der Waals surface area contributed by atoms with Crippen LogP contribution in [0.25, 0.3) is 11.5 Å². The smallest absolute Gasteiger partial charge is 0.284 e. The Bertz CT molecular complexity index is 725. The summed E-state index contributed by atoms with van der Waals surface area (Å²) >= 11 is 4.87. The van der Waals surface area contributed by atoms with E-state index in [1.807, 2.05) is 19.9 Å². The zero-order valence-electron chi connectivity index (χ0n) is 12.2. The van der Waals surface area contributed by atoms with Crippen molar-refractivity contribution in [1.82, 2.24) is 14.8 Å². The molecule has 0 saturated heterocycles. The molecule has 0 aliphatic carbocycles. The van der Waals surface area contributed by atoms with Crippen LogP contribution in [0.2, 0.25) is 0 Å². The van der Waals surface area contributed by atoms with Gasteiger partial charge >= 0.3 is 0 Å². The topological polar surface area (TPSA) is 63.8 Å². The molecule has 0 fully saturated rings. The first kappa shape index (κ1) is 14.7. The molecule has 2 aromatic heterocycles. The van der Waals surface area contributed by atoms with E-state index in [4.69, 9.17) is 16.6 Å². The van der Waals surface area contributed by atoms with Crippen LogP contribution in [-0.2, 0) is 6.54 Å². The van der Waals surface area contributed by atoms with Crippen LogP contribution in [-0.4, -0.2) is 14.8 Å². The fraction of sp³-hybridized carbons (Fsp3) is 0.500. The van der Waals surface area contributed by atoms with Crippen LogP contribution < -0.4 is 5.56 Å². The van der Waals surface area contributed by atoms with E-state index in [-0.39, 0.29) is 16.3 Å². The molecule has 0 aliphatic rings. The molecule has 0 unspecified atom stereocenters. The van der Waals surface area contributed by atoms with E-state index in [1.165, 1.54) is 0 Å². The summed E-state index contributed by atoms with van der Waals surface area (Å²) in [5.41, 5.74) is 2.20. The molecular formula is C14H19N3O2S. The molecule has 6 heteroatoms. The maximum absolute atomic E-state index is 12.6. The summed E-state index contributed by atoms with van der Waals surface area (Å²) in [5, 5.41) is 6.52. The van der Waals surface area contributed by atoms with Gasteiger partial charge in [0.15, 0.2) is 0 Å². The van der Waals surface area contributed by atoms with E-state index in [0.29, 0.717) is 18.0 Å². The number of nitrogens with zero attached hydrogens (tertiary/aromatic N) is 2. The molecule has 2 rings (SSSR count). The zero-order valence-corrected chi connectivity index (χ0v) is 13.0. The van der Waals surface area contributed by atoms with Crippen molar-refractivity contribution in [3.05, 3.63) is 32.5 Å². The number of pyridine rings is 1. The first-order valence-electron chi connectivity index (χ1n) is 6.67. The number of H-pyrrole nitrogens is 1. The van der Waals surface area contributed by atoms with E-state index >= 15 is 0 Å². The van der Waals surface area contributed by atoms with Crippen LogP contribution in [0.3, 0.4) is 0 Å². The minimum absolute atomic E-state index is 0.0756. The zero-order chi connectivity index (χ0) is 14.9. The third-order valence-electron chi connectivity index (χ3n) is 3.29. The molecule has 0 bridgehead atoms. The van der Waals surface area contributed by atoms with E-state index in [0.717, 1.165) is 17.7 Å². The lowest BCUT2D eigenvalue weighted by Gasteiger charge is -2.14. The Morgan fingerprint density at radius 3 is 2.70 bits per heavy atom. The lowest BCUT2D eigenvalue weighted by Crippen LogP contribution is -2.25. The second kappa shape index (κ2) is 5.75. The highest BCUT2D eigenvalue weighted by Gasteiger charge is 2.16. The molecule has 108 valence electrons. The number of aryl methyl sites for hydroxylation is 2. The summed E-state index contributed by atoms with van der Waals surface area (Å²) < 4.78 is 7.06. The molecule has 1 N–H and O–H groups in total. The molecular weight excluding hydrogens is 274 g/mol. The van der Waals surface area contributed by atoms with Crippen LogP contribution in [0.1, 0.15) is 31.5 Å². The van der Waals surface area contributed by atoms with Crippen molar-refractivity contribution < 1.29 is 4.42 Å². The Morgan fingerprint density at radius 2 is 2.15 bits per heavy atom. The second-order valence-corrected chi connectivity index (χ2v) is 5.77. The lowest BCUT2D eigenvalue weighted by atomic mass is 10.1. The molecule has 0 amide bonds. The van der Waals surface area contributed by atoms with Crippen molar-refractivity contribution in [3.8, 4) is 11.5 Å². The monoisotopic (exact) mass is 293 g/mol. The van der Waals surface area contributed by atoms with Gasteiger partial charge < -0.3 is 8.98 Å². The minimum atomic E-state index is -0.0756. The van der Waals surface area contributed by atoms with Gasteiger partial charge in [0.25, 0.3) is 16.3 Å². The van der Waals surface area contributed by atoms with Gasteiger partial charge in [-0.25, -0.2) is 5.10 Å². The summed E-state index contributed by atoms with van der Waals surface area (Å²) in [6, 6.07) is 1.98. The van der Waals surface area contributed by atoms with Crippen molar-refractivity contribution in [2.24, 2.45) is 5.92 Å². The predicted molar refractivity (Wildman–Crippen MR) is 80.3 cm³/mol. The summed E-state index contributed by atoms with van der Waals surface area (Å²) in [6.07, 6.45) is 0.952. The van der Waals surface area contributed by atoms with Gasteiger partial charge in [-0.05, 0) is 50.0 Å². The molecule has 0 aliphatic heterocycles. The van der Waals surface area contributed by atoms with E-state index in [1.54, 1.807) is 4.57 Å². The maximum atomic E-state index is 12.6. The normalized spacial score (nSPS) is 11.2. The third-order valence-corrected chi connectivity index (χ3v) is 3.46. The average Bonchev–Trinajstić information content (AvgIpc) is 2.74. The van der Waals surface area contributed by atoms with Crippen molar-refractivity contribution in [2.75, 3.05) is 0 Å². The van der Waals surface area contributed by atoms with Gasteiger partial charge in [-0.15, -0.1) is 5.10 Å². The SMILES string of the molecule is Cc1cc(C)n(CCC(C)C)c(=O)c1-c1n[nH]c(=S)o1. The Morgan fingerprint density at radius 1 is 1.45 bits per heavy atom. The molecule has 0 spiro atoms. The van der Waals surface area contributed by atoms with Gasteiger partial charge in [-0.2, -0.15) is 0 Å². The largest absolute Gasteiger partial charge is 0.409 e. The lowest BCUT2D eigenvalue weighted by molar-refractivity contribution is 0.499. The van der Waals surface area contributed by atoms with E-state index in [2.05, 4.69) is 24.0 Å². The van der Waals surface area contributed by atoms with Gasteiger partial charge in [0.1, 0.15) is 5.56 Å². The van der Waals surface area contributed by atoms with Gasteiger partial charge in [-0.1, -0.05) is 13.8 Å². The molecule has 0 aromatic carbocycles. The molecule has 0 atom stereocenters. The molecule has 20 heavy (non-hydrogen) atoms. The first-order chi connectivity index (χ1) is 9.40. The number of nitrogens with one attached hydrogen (secondary N) is 1. The Hall–Kier alpha value is -1.69. The van der Waals surface area contributed by atoms with Gasteiger partial charge in [-0.3, -0.25) is 4.79 Å². The van der Waals surface area contributed by atoms with Crippen molar-refractivity contribution in [2.45, 2.75) is 40.7 Å². The van der Waals surface area contributed by atoms with Gasteiger partial charge in [0, 0.05) is 12.2 Å². The molecule has 2 heterocycles. The first-order valence-corrected chi connectivity index (χ1v) is 7.08. The number of aromatic amines is 1. The predicted octanol–water partition coefficient (Wildman–Crippen LogP) is 3.22. The Kier molecular flexibility index (Phi) is 4.23. The Balaban J connectivity index is 2.55. The third kappa shape index (κ3) is 2.90. The standard InChI is InChI=1S/C14H19N3O2S/c1-8(2)5-6-17-10(4)7-9(3)11(13(17)18)12-15-16-14(20)19-12/h7-8H,5-6H2,1-4H3,(H,16,20). The fourth-order valence-corrected chi connectivity index (χ4v) is 2.31. The summed E-state index contributed by atoms with van der Waals surface area (Å²) in [7, 11) is 0. The van der Waals surface area contributed by atoms with Crippen LogP contribution in [0, 0.1) is 24.6 Å². The van der Waals surface area contributed by atoms with Crippen molar-refractivity contribution in [3.63, 3.8) is 0 Å².